The number of hydrogen-bond acceptors (Lipinski definition) is 3. The molecule has 0 spiro atoms. The molecule has 0 heterocycles. The van der Waals surface area contributed by atoms with Gasteiger partial charge in [0, 0.05) is 10.6 Å². The van der Waals surface area contributed by atoms with Crippen molar-refractivity contribution in [3.8, 4) is 0 Å². The van der Waals surface area contributed by atoms with E-state index in [2.05, 4.69) is 0 Å². The molecule has 0 saturated heterocycles. The lowest BCUT2D eigenvalue weighted by Crippen LogP contribution is -2.20. The number of hydrogen-bond donors (Lipinski definition) is 0. The molecular formula is C19H15O2PS. The van der Waals surface area contributed by atoms with Crippen LogP contribution in [0, 0.1) is 0 Å². The molecule has 0 saturated carbocycles. The highest BCUT2D eigenvalue weighted by atomic mass is 32.4. The fourth-order valence-electron chi connectivity index (χ4n) is 2.25. The minimum atomic E-state index is -2.66. The Morgan fingerprint density at radius 1 is 0.696 bits per heavy atom. The van der Waals surface area contributed by atoms with Crippen LogP contribution in [0.4, 0.5) is 0 Å². The Bertz CT molecular complexity index is 790. The molecule has 0 atom stereocenters. The second-order valence-electron chi connectivity index (χ2n) is 4.97. The van der Waals surface area contributed by atoms with Crippen molar-refractivity contribution < 1.29 is 9.32 Å². The van der Waals surface area contributed by atoms with Gasteiger partial charge in [-0.25, -0.2) is 4.79 Å². The molecule has 0 aliphatic heterocycles. The van der Waals surface area contributed by atoms with Crippen LogP contribution in [0.3, 0.4) is 0 Å². The predicted molar refractivity (Wildman–Crippen MR) is 98.3 cm³/mol. The summed E-state index contributed by atoms with van der Waals surface area (Å²) in [7, 11) is 0. The molecule has 4 heteroatoms. The van der Waals surface area contributed by atoms with Gasteiger partial charge in [-0.05, 0) is 23.9 Å². The van der Waals surface area contributed by atoms with Crippen molar-refractivity contribution in [1.29, 1.82) is 0 Å². The highest BCUT2D eigenvalue weighted by Crippen LogP contribution is 2.45. The molecule has 0 amide bonds. The summed E-state index contributed by atoms with van der Waals surface area (Å²) in [4.78, 5) is 12.5. The van der Waals surface area contributed by atoms with Gasteiger partial charge in [-0.1, -0.05) is 78.9 Å². The molecule has 2 nitrogen and oxygen atoms in total. The fourth-order valence-corrected chi connectivity index (χ4v) is 5.16. The maximum atomic E-state index is 12.5. The normalized spacial score (nSPS) is 11.0. The second kappa shape index (κ2) is 6.91. The van der Waals surface area contributed by atoms with E-state index in [1.54, 1.807) is 12.1 Å². The lowest BCUT2D eigenvalue weighted by molar-refractivity contribution is 0.0758. The molecule has 0 bridgehead atoms. The largest absolute Gasteiger partial charge is 0.424 e. The van der Waals surface area contributed by atoms with Crippen molar-refractivity contribution >= 4 is 34.6 Å². The summed E-state index contributed by atoms with van der Waals surface area (Å²) in [5.41, 5.74) is 0.508. The van der Waals surface area contributed by atoms with Crippen molar-refractivity contribution in [3.63, 3.8) is 0 Å². The van der Waals surface area contributed by atoms with Gasteiger partial charge in [0.2, 0.25) is 0 Å². The van der Waals surface area contributed by atoms with Crippen LogP contribution in [0.2, 0.25) is 0 Å². The smallest absolute Gasteiger partial charge is 0.342 e. The summed E-state index contributed by atoms with van der Waals surface area (Å²) in [5.74, 6) is -0.387. The molecule has 0 radical (unpaired) electrons. The third-order valence-corrected chi connectivity index (χ3v) is 7.28. The lowest BCUT2D eigenvalue weighted by Gasteiger charge is -2.23. The summed E-state index contributed by atoms with van der Waals surface area (Å²) >= 11 is 5.88. The van der Waals surface area contributed by atoms with Gasteiger partial charge in [0.05, 0.1) is 5.56 Å². The van der Waals surface area contributed by atoms with E-state index < -0.39 is 6.26 Å². The zero-order chi connectivity index (χ0) is 16.1. The Morgan fingerprint density at radius 3 is 1.52 bits per heavy atom. The van der Waals surface area contributed by atoms with Crippen LogP contribution < -0.4 is 10.6 Å². The van der Waals surface area contributed by atoms with E-state index >= 15 is 0 Å². The number of rotatable bonds is 4. The molecule has 0 aliphatic rings. The van der Waals surface area contributed by atoms with Gasteiger partial charge in [0.25, 0.3) is 0 Å². The van der Waals surface area contributed by atoms with Crippen LogP contribution in [0.1, 0.15) is 10.4 Å². The quantitative estimate of drug-likeness (QED) is 0.675. The standard InChI is InChI=1S/C19H15O2PS/c20-19(16-10-4-1-5-11-16)21-22(23,17-12-6-2-7-13-17)18-14-8-3-9-15-18/h1-15H. The predicted octanol–water partition coefficient (Wildman–Crippen LogP) is 3.89. The third-order valence-electron chi connectivity index (χ3n) is 3.41. The van der Waals surface area contributed by atoms with Gasteiger partial charge in [0.15, 0.2) is 6.26 Å². The first-order valence-corrected chi connectivity index (χ1v) is 9.92. The molecule has 3 aromatic rings. The van der Waals surface area contributed by atoms with E-state index in [-0.39, 0.29) is 5.97 Å². The van der Waals surface area contributed by atoms with Crippen LogP contribution in [-0.4, -0.2) is 5.97 Å². The van der Waals surface area contributed by atoms with E-state index in [4.69, 9.17) is 16.3 Å². The zero-order valence-corrected chi connectivity index (χ0v) is 14.0. The summed E-state index contributed by atoms with van der Waals surface area (Å²) < 4.78 is 5.88. The minimum absolute atomic E-state index is 0.387. The minimum Gasteiger partial charge on any atom is -0.424 e. The Morgan fingerprint density at radius 2 is 1.09 bits per heavy atom. The molecule has 3 aromatic carbocycles. The van der Waals surface area contributed by atoms with Crippen molar-refractivity contribution in [2.75, 3.05) is 0 Å². The van der Waals surface area contributed by atoms with Gasteiger partial charge < -0.3 is 4.52 Å². The molecule has 114 valence electrons. The Kier molecular flexibility index (Phi) is 4.71. The van der Waals surface area contributed by atoms with Crippen LogP contribution in [0.25, 0.3) is 0 Å². The maximum Gasteiger partial charge on any atom is 0.342 e. The van der Waals surface area contributed by atoms with Gasteiger partial charge in [-0.15, -0.1) is 0 Å². The third kappa shape index (κ3) is 3.42. The summed E-state index contributed by atoms with van der Waals surface area (Å²) in [6, 6.07) is 28.1. The summed E-state index contributed by atoms with van der Waals surface area (Å²) in [6.07, 6.45) is -2.66. The van der Waals surface area contributed by atoms with Crippen LogP contribution >= 0.6 is 6.26 Å². The molecule has 0 aromatic heterocycles. The SMILES string of the molecule is O=C(OP(=S)(c1ccccc1)c1ccccc1)c1ccccc1. The van der Waals surface area contributed by atoms with Crippen LogP contribution in [0.15, 0.2) is 91.0 Å². The number of carbonyl (C=O) groups is 1. The fraction of sp³-hybridized carbons (Fsp3) is 0. The van der Waals surface area contributed by atoms with Crippen LogP contribution in [-0.2, 0) is 16.3 Å². The Balaban J connectivity index is 2.04. The molecule has 23 heavy (non-hydrogen) atoms. The molecular weight excluding hydrogens is 323 g/mol. The number of benzene rings is 3. The average molecular weight is 338 g/mol. The van der Waals surface area contributed by atoms with Crippen molar-refractivity contribution in [2.24, 2.45) is 0 Å². The van der Waals surface area contributed by atoms with Crippen molar-refractivity contribution in [3.05, 3.63) is 96.6 Å². The molecule has 0 unspecified atom stereocenters. The van der Waals surface area contributed by atoms with Gasteiger partial charge >= 0.3 is 5.97 Å². The van der Waals surface area contributed by atoms with E-state index in [1.165, 1.54) is 0 Å². The van der Waals surface area contributed by atoms with Gasteiger partial charge in [0.1, 0.15) is 0 Å². The first-order valence-electron chi connectivity index (χ1n) is 7.20. The van der Waals surface area contributed by atoms with E-state index in [0.717, 1.165) is 10.6 Å². The highest BCUT2D eigenvalue weighted by molar-refractivity contribution is 8.19. The number of carbonyl (C=O) groups excluding carboxylic acids is 1. The van der Waals surface area contributed by atoms with E-state index in [1.807, 2.05) is 78.9 Å². The second-order valence-corrected chi connectivity index (χ2v) is 8.83. The zero-order valence-electron chi connectivity index (χ0n) is 12.3. The Hall–Kier alpha value is -2.22. The molecule has 0 N–H and O–H groups in total. The summed E-state index contributed by atoms with van der Waals surface area (Å²) in [6.45, 7) is 0. The van der Waals surface area contributed by atoms with E-state index in [0.29, 0.717) is 5.56 Å². The van der Waals surface area contributed by atoms with Gasteiger partial charge in [-0.2, -0.15) is 0 Å². The van der Waals surface area contributed by atoms with Crippen molar-refractivity contribution in [2.45, 2.75) is 0 Å². The Labute approximate surface area is 140 Å². The topological polar surface area (TPSA) is 26.3 Å². The monoisotopic (exact) mass is 338 g/mol. The first-order chi connectivity index (χ1) is 11.2. The molecule has 0 aliphatic carbocycles. The molecule has 0 fully saturated rings. The summed E-state index contributed by atoms with van der Waals surface area (Å²) in [5, 5.41) is 1.73. The maximum absolute atomic E-state index is 12.5. The molecule has 3 rings (SSSR count). The van der Waals surface area contributed by atoms with Crippen molar-refractivity contribution in [1.82, 2.24) is 0 Å². The highest BCUT2D eigenvalue weighted by Gasteiger charge is 2.27. The average Bonchev–Trinajstić information content (AvgIpc) is 2.64. The lowest BCUT2D eigenvalue weighted by atomic mass is 10.2. The first kappa shape index (κ1) is 15.7. The van der Waals surface area contributed by atoms with E-state index in [9.17, 15) is 4.79 Å². The van der Waals surface area contributed by atoms with Crippen LogP contribution in [0.5, 0.6) is 0 Å². The van der Waals surface area contributed by atoms with Gasteiger partial charge in [-0.3, -0.25) is 0 Å².